The van der Waals surface area contributed by atoms with Gasteiger partial charge in [-0.2, -0.15) is 5.10 Å². The van der Waals surface area contributed by atoms with Crippen LogP contribution in [0.5, 0.6) is 0 Å². The third-order valence-corrected chi connectivity index (χ3v) is 2.84. The normalized spacial score (nSPS) is 10.5. The first-order valence-corrected chi connectivity index (χ1v) is 6.14. The predicted molar refractivity (Wildman–Crippen MR) is 69.5 cm³/mol. The molecule has 0 bridgehead atoms. The van der Waals surface area contributed by atoms with Crippen molar-refractivity contribution in [2.24, 2.45) is 0 Å². The third kappa shape index (κ3) is 2.87. The molecule has 2 rings (SSSR count). The number of carboxylic acid groups (broad SMARTS) is 1. The Balaban J connectivity index is 1.99. The number of amides is 1. The predicted octanol–water partition coefficient (Wildman–Crippen LogP) is 1.43. The molecule has 0 aliphatic rings. The number of hydrogen-bond donors (Lipinski definition) is 2. The summed E-state index contributed by atoms with van der Waals surface area (Å²) in [4.78, 5) is 22.7. The van der Waals surface area contributed by atoms with Gasteiger partial charge in [0.15, 0.2) is 0 Å². The van der Waals surface area contributed by atoms with Crippen LogP contribution in [0.3, 0.4) is 0 Å². The molecule has 0 saturated heterocycles. The number of carbonyl (C=O) groups is 2. The van der Waals surface area contributed by atoms with Crippen molar-refractivity contribution < 1.29 is 19.1 Å². The Morgan fingerprint density at radius 3 is 2.80 bits per heavy atom. The van der Waals surface area contributed by atoms with Gasteiger partial charge in [0, 0.05) is 12.7 Å². The number of aromatic nitrogens is 2. The number of rotatable bonds is 5. The van der Waals surface area contributed by atoms with Crippen molar-refractivity contribution in [3.05, 3.63) is 41.1 Å². The summed E-state index contributed by atoms with van der Waals surface area (Å²) in [6, 6.07) is 1.41. The van der Waals surface area contributed by atoms with Crippen molar-refractivity contribution in [1.29, 1.82) is 0 Å². The topological polar surface area (TPSA) is 97.4 Å². The van der Waals surface area contributed by atoms with Gasteiger partial charge >= 0.3 is 5.97 Å². The van der Waals surface area contributed by atoms with Gasteiger partial charge in [-0.3, -0.25) is 9.48 Å². The largest absolute Gasteiger partial charge is 0.478 e. The average Bonchev–Trinajstić information content (AvgIpc) is 3.02. The first-order chi connectivity index (χ1) is 9.51. The molecule has 0 aliphatic carbocycles. The smallest absolute Gasteiger partial charge is 0.339 e. The van der Waals surface area contributed by atoms with Crippen LogP contribution in [-0.2, 0) is 13.1 Å². The second-order valence-corrected chi connectivity index (χ2v) is 4.26. The van der Waals surface area contributed by atoms with E-state index in [2.05, 4.69) is 10.4 Å². The summed E-state index contributed by atoms with van der Waals surface area (Å²) >= 11 is 0. The minimum atomic E-state index is -1.05. The fraction of sp³-hybridized carbons (Fsp3) is 0.308. The Hall–Kier alpha value is -2.57. The molecule has 1 amide bonds. The molecule has 2 aromatic heterocycles. The van der Waals surface area contributed by atoms with Gasteiger partial charge in [-0.05, 0) is 19.9 Å². The number of nitrogens with zero attached hydrogens (tertiary/aromatic N) is 2. The number of furan rings is 1. The second-order valence-electron chi connectivity index (χ2n) is 4.26. The van der Waals surface area contributed by atoms with E-state index in [4.69, 9.17) is 9.52 Å². The average molecular weight is 277 g/mol. The fourth-order valence-corrected chi connectivity index (χ4v) is 1.77. The minimum absolute atomic E-state index is 0.105. The van der Waals surface area contributed by atoms with Gasteiger partial charge in [0.05, 0.1) is 18.3 Å². The molecule has 20 heavy (non-hydrogen) atoms. The van der Waals surface area contributed by atoms with Crippen LogP contribution in [0.4, 0.5) is 0 Å². The highest BCUT2D eigenvalue weighted by Gasteiger charge is 2.15. The molecule has 0 radical (unpaired) electrons. The van der Waals surface area contributed by atoms with Crippen LogP contribution in [0, 0.1) is 6.92 Å². The van der Waals surface area contributed by atoms with E-state index >= 15 is 0 Å². The van der Waals surface area contributed by atoms with E-state index < -0.39 is 5.97 Å². The molecule has 0 spiro atoms. The van der Waals surface area contributed by atoms with Gasteiger partial charge in [0.25, 0.3) is 5.91 Å². The molecule has 0 atom stereocenters. The molecular formula is C13H15N3O4. The summed E-state index contributed by atoms with van der Waals surface area (Å²) in [5.41, 5.74) is 0.557. The number of nitrogens with one attached hydrogen (secondary N) is 1. The lowest BCUT2D eigenvalue weighted by atomic mass is 10.2. The Morgan fingerprint density at radius 1 is 1.50 bits per heavy atom. The van der Waals surface area contributed by atoms with E-state index in [1.807, 2.05) is 6.92 Å². The maximum Gasteiger partial charge on any atom is 0.339 e. The number of carboxylic acids is 1. The standard InChI is InChI=1S/C13H15N3O4/c1-3-16-7-9(5-15-16)12(17)14-6-10-4-11(13(18)19)8(2)20-10/h4-5,7H,3,6H2,1-2H3,(H,14,17)(H,18,19). The third-order valence-electron chi connectivity index (χ3n) is 2.84. The van der Waals surface area contributed by atoms with E-state index in [1.165, 1.54) is 12.3 Å². The van der Waals surface area contributed by atoms with Crippen molar-refractivity contribution in [2.75, 3.05) is 0 Å². The molecule has 2 aromatic rings. The van der Waals surface area contributed by atoms with Crippen LogP contribution in [0.2, 0.25) is 0 Å². The zero-order valence-electron chi connectivity index (χ0n) is 11.2. The van der Waals surface area contributed by atoms with Crippen molar-refractivity contribution in [3.63, 3.8) is 0 Å². The van der Waals surface area contributed by atoms with Crippen LogP contribution in [0.1, 0.15) is 39.2 Å². The molecule has 2 N–H and O–H groups in total. The van der Waals surface area contributed by atoms with Crippen molar-refractivity contribution in [1.82, 2.24) is 15.1 Å². The monoisotopic (exact) mass is 277 g/mol. The van der Waals surface area contributed by atoms with Crippen LogP contribution in [0.25, 0.3) is 0 Å². The molecule has 106 valence electrons. The van der Waals surface area contributed by atoms with Gasteiger partial charge in [0.1, 0.15) is 17.1 Å². The van der Waals surface area contributed by atoms with Crippen molar-refractivity contribution >= 4 is 11.9 Å². The van der Waals surface area contributed by atoms with Crippen LogP contribution >= 0.6 is 0 Å². The number of aromatic carboxylic acids is 1. The summed E-state index contributed by atoms with van der Waals surface area (Å²) in [5.74, 6) is -0.611. The van der Waals surface area contributed by atoms with Gasteiger partial charge in [-0.1, -0.05) is 0 Å². The Kier molecular flexibility index (Phi) is 3.88. The lowest BCUT2D eigenvalue weighted by molar-refractivity contribution is 0.0694. The first kappa shape index (κ1) is 13.9. The summed E-state index contributed by atoms with van der Waals surface area (Å²) in [6.45, 7) is 4.31. The van der Waals surface area contributed by atoms with E-state index in [0.29, 0.717) is 23.6 Å². The molecule has 0 unspecified atom stereocenters. The molecule has 7 nitrogen and oxygen atoms in total. The highest BCUT2D eigenvalue weighted by molar-refractivity contribution is 5.93. The lowest BCUT2D eigenvalue weighted by Crippen LogP contribution is -2.22. The Morgan fingerprint density at radius 2 is 2.25 bits per heavy atom. The second kappa shape index (κ2) is 5.60. The fourth-order valence-electron chi connectivity index (χ4n) is 1.77. The van der Waals surface area contributed by atoms with E-state index in [-0.39, 0.29) is 18.0 Å². The van der Waals surface area contributed by atoms with Crippen LogP contribution in [-0.4, -0.2) is 26.8 Å². The van der Waals surface area contributed by atoms with Crippen LogP contribution in [0.15, 0.2) is 22.9 Å². The Bertz CT molecular complexity index is 642. The molecule has 0 aliphatic heterocycles. The minimum Gasteiger partial charge on any atom is -0.478 e. The van der Waals surface area contributed by atoms with Gasteiger partial charge in [-0.15, -0.1) is 0 Å². The van der Waals surface area contributed by atoms with Crippen LogP contribution < -0.4 is 5.32 Å². The highest BCUT2D eigenvalue weighted by Crippen LogP contribution is 2.14. The molecular weight excluding hydrogens is 262 g/mol. The van der Waals surface area contributed by atoms with Gasteiger partial charge in [-0.25, -0.2) is 4.79 Å². The number of carbonyl (C=O) groups excluding carboxylic acids is 1. The molecule has 2 heterocycles. The van der Waals surface area contributed by atoms with Crippen molar-refractivity contribution in [2.45, 2.75) is 26.9 Å². The van der Waals surface area contributed by atoms with E-state index in [1.54, 1.807) is 17.8 Å². The highest BCUT2D eigenvalue weighted by atomic mass is 16.4. The summed E-state index contributed by atoms with van der Waals surface area (Å²) < 4.78 is 6.92. The van der Waals surface area contributed by atoms with E-state index in [0.717, 1.165) is 0 Å². The van der Waals surface area contributed by atoms with Gasteiger partial charge in [0.2, 0.25) is 0 Å². The molecule has 0 saturated carbocycles. The molecule has 0 aromatic carbocycles. The maximum atomic E-state index is 11.9. The first-order valence-electron chi connectivity index (χ1n) is 6.14. The lowest BCUT2D eigenvalue weighted by Gasteiger charge is -2.00. The zero-order chi connectivity index (χ0) is 14.7. The quantitative estimate of drug-likeness (QED) is 0.861. The van der Waals surface area contributed by atoms with Crippen molar-refractivity contribution in [3.8, 4) is 0 Å². The maximum absolute atomic E-state index is 11.9. The summed E-state index contributed by atoms with van der Waals surface area (Å²) in [5, 5.41) is 15.6. The Labute approximate surface area is 115 Å². The zero-order valence-corrected chi connectivity index (χ0v) is 11.2. The summed E-state index contributed by atoms with van der Waals surface area (Å²) in [6.07, 6.45) is 3.13. The summed E-state index contributed by atoms with van der Waals surface area (Å²) in [7, 11) is 0. The SMILES string of the molecule is CCn1cc(C(=O)NCc2cc(C(=O)O)c(C)o2)cn1. The number of aryl methyl sites for hydroxylation is 2. The molecule has 7 heteroatoms. The van der Waals surface area contributed by atoms with E-state index in [9.17, 15) is 9.59 Å². The number of hydrogen-bond acceptors (Lipinski definition) is 4. The molecule has 0 fully saturated rings. The van der Waals surface area contributed by atoms with Gasteiger partial charge < -0.3 is 14.8 Å².